The third kappa shape index (κ3) is 2.85. The van der Waals surface area contributed by atoms with Gasteiger partial charge in [0.15, 0.2) is 0 Å². The molecule has 1 aliphatic heterocycles. The van der Waals surface area contributed by atoms with Crippen molar-refractivity contribution in [3.05, 3.63) is 34.5 Å². The van der Waals surface area contributed by atoms with Crippen molar-refractivity contribution >= 4 is 17.2 Å². The van der Waals surface area contributed by atoms with E-state index in [-0.39, 0.29) is 11.8 Å². The standard InChI is InChI=1S/C15H20N4OS/c1-11(2)19-10-16-17-14(19)12-5-3-7-18(9-12)15(20)13-6-4-8-21-13/h4,6,8,10-12H,3,5,7,9H2,1-2H3/t12-/m0/s1. The number of aromatic nitrogens is 3. The second-order valence-corrected chi connectivity index (χ2v) is 6.71. The zero-order valence-electron chi connectivity index (χ0n) is 12.4. The molecule has 0 aromatic carbocycles. The summed E-state index contributed by atoms with van der Waals surface area (Å²) in [4.78, 5) is 15.3. The molecular weight excluding hydrogens is 284 g/mol. The first-order valence-electron chi connectivity index (χ1n) is 7.39. The fraction of sp³-hybridized carbons (Fsp3) is 0.533. The van der Waals surface area contributed by atoms with E-state index in [1.54, 1.807) is 6.33 Å². The van der Waals surface area contributed by atoms with Gasteiger partial charge in [0.05, 0.1) is 4.88 Å². The van der Waals surface area contributed by atoms with Crippen molar-refractivity contribution in [2.24, 2.45) is 0 Å². The molecule has 6 heteroatoms. The Balaban J connectivity index is 1.77. The number of thiophene rings is 1. The van der Waals surface area contributed by atoms with Crippen molar-refractivity contribution in [1.82, 2.24) is 19.7 Å². The largest absolute Gasteiger partial charge is 0.337 e. The zero-order chi connectivity index (χ0) is 14.8. The van der Waals surface area contributed by atoms with Gasteiger partial charge in [-0.15, -0.1) is 21.5 Å². The normalized spacial score (nSPS) is 19.2. The molecule has 3 rings (SSSR count). The van der Waals surface area contributed by atoms with Gasteiger partial charge in [-0.1, -0.05) is 6.07 Å². The van der Waals surface area contributed by atoms with Crippen LogP contribution in [0.25, 0.3) is 0 Å². The molecule has 112 valence electrons. The Morgan fingerprint density at radius 1 is 1.48 bits per heavy atom. The smallest absolute Gasteiger partial charge is 0.263 e. The minimum atomic E-state index is 0.144. The van der Waals surface area contributed by atoms with Gasteiger partial charge in [0.2, 0.25) is 0 Å². The number of nitrogens with zero attached hydrogens (tertiary/aromatic N) is 4. The molecule has 2 aromatic rings. The summed E-state index contributed by atoms with van der Waals surface area (Å²) in [7, 11) is 0. The lowest BCUT2D eigenvalue weighted by Gasteiger charge is -2.32. The highest BCUT2D eigenvalue weighted by atomic mass is 32.1. The van der Waals surface area contributed by atoms with Gasteiger partial charge in [0.1, 0.15) is 12.2 Å². The van der Waals surface area contributed by atoms with Crippen molar-refractivity contribution in [1.29, 1.82) is 0 Å². The molecule has 0 radical (unpaired) electrons. The Bertz CT molecular complexity index is 605. The number of hydrogen-bond donors (Lipinski definition) is 0. The van der Waals surface area contributed by atoms with Crippen LogP contribution < -0.4 is 0 Å². The fourth-order valence-electron chi connectivity index (χ4n) is 2.87. The van der Waals surface area contributed by atoms with Crippen LogP contribution in [0.5, 0.6) is 0 Å². The minimum Gasteiger partial charge on any atom is -0.337 e. The second kappa shape index (κ2) is 5.97. The van der Waals surface area contributed by atoms with Gasteiger partial charge in [-0.3, -0.25) is 4.79 Å². The van der Waals surface area contributed by atoms with Gasteiger partial charge < -0.3 is 9.47 Å². The number of hydrogen-bond acceptors (Lipinski definition) is 4. The molecule has 0 unspecified atom stereocenters. The number of piperidine rings is 1. The van der Waals surface area contributed by atoms with E-state index in [1.807, 2.05) is 22.4 Å². The van der Waals surface area contributed by atoms with Crippen LogP contribution in [0.1, 0.15) is 54.1 Å². The van der Waals surface area contributed by atoms with Gasteiger partial charge in [0, 0.05) is 25.0 Å². The fourth-order valence-corrected chi connectivity index (χ4v) is 3.56. The number of carbonyl (C=O) groups is 1. The molecule has 0 aliphatic carbocycles. The summed E-state index contributed by atoms with van der Waals surface area (Å²) in [5.74, 6) is 1.44. The molecule has 21 heavy (non-hydrogen) atoms. The van der Waals surface area contributed by atoms with Gasteiger partial charge >= 0.3 is 0 Å². The lowest BCUT2D eigenvalue weighted by molar-refractivity contribution is 0.0708. The van der Waals surface area contributed by atoms with Crippen LogP contribution in [0, 0.1) is 0 Å². The maximum atomic E-state index is 12.5. The molecule has 3 heterocycles. The quantitative estimate of drug-likeness (QED) is 0.876. The molecule has 0 bridgehead atoms. The second-order valence-electron chi connectivity index (χ2n) is 5.76. The number of likely N-dealkylation sites (tertiary alicyclic amines) is 1. The predicted octanol–water partition coefficient (Wildman–Crippen LogP) is 2.94. The topological polar surface area (TPSA) is 51.0 Å². The summed E-state index contributed by atoms with van der Waals surface area (Å²) in [6, 6.07) is 4.17. The van der Waals surface area contributed by atoms with Crippen molar-refractivity contribution in [2.45, 2.75) is 38.6 Å². The van der Waals surface area contributed by atoms with E-state index >= 15 is 0 Å². The van der Waals surface area contributed by atoms with Crippen LogP contribution in [-0.2, 0) is 0 Å². The monoisotopic (exact) mass is 304 g/mol. The predicted molar refractivity (Wildman–Crippen MR) is 82.6 cm³/mol. The molecule has 0 spiro atoms. The molecule has 2 aromatic heterocycles. The Labute approximate surface area is 128 Å². The lowest BCUT2D eigenvalue weighted by Crippen LogP contribution is -2.39. The first kappa shape index (κ1) is 14.3. The highest BCUT2D eigenvalue weighted by molar-refractivity contribution is 7.12. The average molecular weight is 304 g/mol. The molecule has 1 aliphatic rings. The Kier molecular flexibility index (Phi) is 4.05. The summed E-state index contributed by atoms with van der Waals surface area (Å²) >= 11 is 1.51. The minimum absolute atomic E-state index is 0.144. The summed E-state index contributed by atoms with van der Waals surface area (Å²) in [5, 5.41) is 10.3. The van der Waals surface area contributed by atoms with Crippen LogP contribution in [-0.4, -0.2) is 38.7 Å². The highest BCUT2D eigenvalue weighted by Gasteiger charge is 2.29. The van der Waals surface area contributed by atoms with Crippen molar-refractivity contribution < 1.29 is 4.79 Å². The van der Waals surface area contributed by atoms with E-state index in [9.17, 15) is 4.79 Å². The molecule has 1 fully saturated rings. The SMILES string of the molecule is CC(C)n1cnnc1[C@H]1CCCN(C(=O)c2cccs2)C1. The maximum absolute atomic E-state index is 12.5. The molecule has 1 atom stereocenters. The molecular formula is C15H20N4OS. The summed E-state index contributed by atoms with van der Waals surface area (Å²) in [5.41, 5.74) is 0. The molecule has 0 N–H and O–H groups in total. The molecule has 5 nitrogen and oxygen atoms in total. The van der Waals surface area contributed by atoms with Gasteiger partial charge in [0.25, 0.3) is 5.91 Å². The van der Waals surface area contributed by atoms with E-state index in [4.69, 9.17) is 0 Å². The maximum Gasteiger partial charge on any atom is 0.263 e. The average Bonchev–Trinajstić information content (AvgIpc) is 3.17. The zero-order valence-corrected chi connectivity index (χ0v) is 13.2. The Morgan fingerprint density at radius 2 is 2.33 bits per heavy atom. The van der Waals surface area contributed by atoms with Crippen LogP contribution in [0.3, 0.4) is 0 Å². The van der Waals surface area contributed by atoms with E-state index in [1.165, 1.54) is 11.3 Å². The highest BCUT2D eigenvalue weighted by Crippen LogP contribution is 2.28. The summed E-state index contributed by atoms with van der Waals surface area (Å²) in [6.45, 7) is 5.83. The summed E-state index contributed by atoms with van der Waals surface area (Å²) in [6.07, 6.45) is 3.88. The van der Waals surface area contributed by atoms with E-state index in [0.717, 1.165) is 36.6 Å². The third-order valence-electron chi connectivity index (χ3n) is 3.96. The van der Waals surface area contributed by atoms with Crippen LogP contribution in [0.15, 0.2) is 23.8 Å². The van der Waals surface area contributed by atoms with Gasteiger partial charge in [-0.25, -0.2) is 0 Å². The van der Waals surface area contributed by atoms with Crippen LogP contribution >= 0.6 is 11.3 Å². The van der Waals surface area contributed by atoms with Crippen molar-refractivity contribution in [2.75, 3.05) is 13.1 Å². The van der Waals surface area contributed by atoms with Crippen LogP contribution in [0.4, 0.5) is 0 Å². The molecule has 0 saturated carbocycles. The van der Waals surface area contributed by atoms with Crippen molar-refractivity contribution in [3.8, 4) is 0 Å². The number of carbonyl (C=O) groups excluding carboxylic acids is 1. The Hall–Kier alpha value is -1.69. The summed E-state index contributed by atoms with van der Waals surface area (Å²) < 4.78 is 2.11. The molecule has 1 amide bonds. The Morgan fingerprint density at radius 3 is 3.05 bits per heavy atom. The lowest BCUT2D eigenvalue weighted by atomic mass is 9.96. The third-order valence-corrected chi connectivity index (χ3v) is 4.82. The van der Waals surface area contributed by atoms with Gasteiger partial charge in [-0.2, -0.15) is 0 Å². The van der Waals surface area contributed by atoms with Crippen molar-refractivity contribution in [3.63, 3.8) is 0 Å². The number of amides is 1. The van der Waals surface area contributed by atoms with E-state index < -0.39 is 0 Å². The molecule has 1 saturated heterocycles. The number of rotatable bonds is 3. The van der Waals surface area contributed by atoms with E-state index in [0.29, 0.717) is 6.04 Å². The first-order chi connectivity index (χ1) is 10.2. The van der Waals surface area contributed by atoms with Gasteiger partial charge in [-0.05, 0) is 38.1 Å². The first-order valence-corrected chi connectivity index (χ1v) is 8.27. The van der Waals surface area contributed by atoms with Crippen LogP contribution in [0.2, 0.25) is 0 Å². The van der Waals surface area contributed by atoms with E-state index in [2.05, 4.69) is 28.6 Å².